The summed E-state index contributed by atoms with van der Waals surface area (Å²) in [5, 5.41) is 2.25. The summed E-state index contributed by atoms with van der Waals surface area (Å²) in [5.41, 5.74) is 11.0. The van der Waals surface area contributed by atoms with Crippen molar-refractivity contribution in [3.05, 3.63) is 57.3 Å². The van der Waals surface area contributed by atoms with Gasteiger partial charge in [-0.3, -0.25) is 0 Å². The molecule has 98 valence electrons. The number of hydrogen-bond donors (Lipinski definition) is 1. The van der Waals surface area contributed by atoms with E-state index in [1.807, 2.05) is 11.3 Å². The first-order valence-electron chi connectivity index (χ1n) is 7.14. The van der Waals surface area contributed by atoms with Gasteiger partial charge in [0.2, 0.25) is 0 Å². The molecule has 1 heterocycles. The maximum absolute atomic E-state index is 6.54. The fourth-order valence-electron chi connectivity index (χ4n) is 3.97. The molecule has 1 aromatic heterocycles. The number of benzene rings is 1. The van der Waals surface area contributed by atoms with Crippen LogP contribution in [0.2, 0.25) is 0 Å². The van der Waals surface area contributed by atoms with Gasteiger partial charge in [-0.2, -0.15) is 0 Å². The third-order valence-corrected chi connectivity index (χ3v) is 5.82. The molecule has 2 aliphatic rings. The van der Waals surface area contributed by atoms with Crippen LogP contribution in [-0.4, -0.2) is 0 Å². The summed E-state index contributed by atoms with van der Waals surface area (Å²) in [4.78, 5) is 1.37. The van der Waals surface area contributed by atoms with Gasteiger partial charge in [0, 0.05) is 10.9 Å². The Morgan fingerprint density at radius 3 is 2.95 bits per heavy atom. The highest BCUT2D eigenvalue weighted by Gasteiger charge is 2.55. The highest BCUT2D eigenvalue weighted by atomic mass is 32.1. The van der Waals surface area contributed by atoms with Crippen LogP contribution in [0.25, 0.3) is 0 Å². The largest absolute Gasteiger partial charge is 0.324 e. The lowest BCUT2D eigenvalue weighted by Crippen LogP contribution is -2.13. The summed E-state index contributed by atoms with van der Waals surface area (Å²) >= 11 is 1.82. The molecule has 2 aliphatic carbocycles. The van der Waals surface area contributed by atoms with Gasteiger partial charge in [-0.1, -0.05) is 24.3 Å². The van der Waals surface area contributed by atoms with Crippen LogP contribution in [0.4, 0.5) is 0 Å². The Bertz CT molecular complexity index is 615. The molecule has 19 heavy (non-hydrogen) atoms. The fourth-order valence-corrected chi connectivity index (χ4v) is 4.72. The minimum Gasteiger partial charge on any atom is -0.324 e. The second-order valence-electron chi connectivity index (χ2n) is 6.02. The highest BCUT2D eigenvalue weighted by Crippen LogP contribution is 2.63. The topological polar surface area (TPSA) is 26.0 Å². The van der Waals surface area contributed by atoms with Crippen LogP contribution in [0.3, 0.4) is 0 Å². The summed E-state index contributed by atoms with van der Waals surface area (Å²) in [5.74, 6) is 2.21. The lowest BCUT2D eigenvalue weighted by atomic mass is 9.92. The molecule has 4 unspecified atom stereocenters. The van der Waals surface area contributed by atoms with Crippen molar-refractivity contribution in [3.8, 4) is 0 Å². The zero-order valence-corrected chi connectivity index (χ0v) is 12.0. The van der Waals surface area contributed by atoms with E-state index in [2.05, 4.69) is 42.6 Å². The first-order valence-corrected chi connectivity index (χ1v) is 8.02. The minimum atomic E-state index is 0.228. The average molecular weight is 269 g/mol. The van der Waals surface area contributed by atoms with E-state index >= 15 is 0 Å². The molecule has 2 aromatic rings. The number of thiophene rings is 1. The maximum atomic E-state index is 6.54. The molecule has 1 fully saturated rings. The van der Waals surface area contributed by atoms with Gasteiger partial charge in [0.05, 0.1) is 0 Å². The van der Waals surface area contributed by atoms with E-state index in [-0.39, 0.29) is 6.04 Å². The van der Waals surface area contributed by atoms with Gasteiger partial charge >= 0.3 is 0 Å². The molecule has 0 amide bonds. The molecule has 1 aromatic carbocycles. The van der Waals surface area contributed by atoms with Crippen LogP contribution in [0.15, 0.2) is 35.7 Å². The van der Waals surface area contributed by atoms with Crippen LogP contribution in [0, 0.1) is 18.8 Å². The first kappa shape index (κ1) is 11.7. The van der Waals surface area contributed by atoms with Crippen molar-refractivity contribution in [2.75, 3.05) is 0 Å². The van der Waals surface area contributed by atoms with Crippen molar-refractivity contribution < 1.29 is 0 Å². The monoisotopic (exact) mass is 269 g/mol. The molecule has 0 radical (unpaired) electrons. The Balaban J connectivity index is 1.63. The summed E-state index contributed by atoms with van der Waals surface area (Å²) in [6.45, 7) is 2.16. The number of rotatable bonds is 2. The van der Waals surface area contributed by atoms with E-state index in [1.165, 1.54) is 23.3 Å². The van der Waals surface area contributed by atoms with Crippen molar-refractivity contribution >= 4 is 11.3 Å². The van der Waals surface area contributed by atoms with Crippen molar-refractivity contribution in [2.24, 2.45) is 17.6 Å². The molecule has 4 rings (SSSR count). The molecule has 1 saturated carbocycles. The van der Waals surface area contributed by atoms with Crippen LogP contribution in [0.5, 0.6) is 0 Å². The Kier molecular flexibility index (Phi) is 2.58. The second-order valence-corrected chi connectivity index (χ2v) is 7.14. The normalized spacial score (nSPS) is 29.5. The lowest BCUT2D eigenvalue weighted by Gasteiger charge is -2.13. The molecule has 0 bridgehead atoms. The van der Waals surface area contributed by atoms with Crippen molar-refractivity contribution in [1.82, 2.24) is 0 Å². The predicted molar refractivity (Wildman–Crippen MR) is 80.5 cm³/mol. The van der Waals surface area contributed by atoms with Crippen LogP contribution in [0.1, 0.15) is 39.9 Å². The number of hydrogen-bond acceptors (Lipinski definition) is 2. The molecule has 1 nitrogen and oxygen atoms in total. The Labute approximate surface area is 118 Å². The molecule has 2 N–H and O–H groups in total. The van der Waals surface area contributed by atoms with Gasteiger partial charge in [-0.25, -0.2) is 0 Å². The summed E-state index contributed by atoms with van der Waals surface area (Å²) in [6.07, 6.45) is 2.56. The number of fused-ring (bicyclic) bond motifs is 3. The van der Waals surface area contributed by atoms with Gasteiger partial charge in [0.25, 0.3) is 0 Å². The smallest absolute Gasteiger partial charge is 0.0340 e. The van der Waals surface area contributed by atoms with Gasteiger partial charge in [0.1, 0.15) is 0 Å². The van der Waals surface area contributed by atoms with E-state index in [9.17, 15) is 0 Å². The Hall–Kier alpha value is -1.12. The molecular weight excluding hydrogens is 250 g/mol. The van der Waals surface area contributed by atoms with Crippen LogP contribution >= 0.6 is 11.3 Å². The summed E-state index contributed by atoms with van der Waals surface area (Å²) < 4.78 is 0. The van der Waals surface area contributed by atoms with Gasteiger partial charge in [-0.05, 0) is 65.7 Å². The van der Waals surface area contributed by atoms with E-state index in [0.717, 1.165) is 11.8 Å². The quantitative estimate of drug-likeness (QED) is 0.875. The van der Waals surface area contributed by atoms with Crippen LogP contribution in [-0.2, 0) is 6.42 Å². The van der Waals surface area contributed by atoms with Gasteiger partial charge in [0.15, 0.2) is 0 Å². The average Bonchev–Trinajstić information content (AvgIpc) is 3.03. The van der Waals surface area contributed by atoms with E-state index in [0.29, 0.717) is 5.92 Å². The molecular formula is C17H19NS. The number of nitrogens with two attached hydrogens (primary N) is 1. The van der Waals surface area contributed by atoms with E-state index in [1.54, 1.807) is 11.1 Å². The molecule has 0 saturated heterocycles. The SMILES string of the molecule is Cc1cc(C(N)C2C3CCc4ccccc4C32)cs1. The summed E-state index contributed by atoms with van der Waals surface area (Å²) in [6, 6.07) is 11.5. The standard InChI is InChI=1S/C17H19NS/c1-10-8-12(9-19-10)17(18)16-14-7-6-11-4-2-3-5-13(11)15(14)16/h2-5,8-9,14-17H,6-7,18H2,1H3. The third-order valence-electron chi connectivity index (χ3n) is 4.94. The number of aryl methyl sites for hydroxylation is 2. The van der Waals surface area contributed by atoms with Crippen molar-refractivity contribution in [2.45, 2.75) is 31.7 Å². The van der Waals surface area contributed by atoms with Gasteiger partial charge in [-0.15, -0.1) is 11.3 Å². The van der Waals surface area contributed by atoms with E-state index < -0.39 is 0 Å². The zero-order valence-electron chi connectivity index (χ0n) is 11.2. The molecule has 0 spiro atoms. The predicted octanol–water partition coefficient (Wildman–Crippen LogP) is 4.03. The maximum Gasteiger partial charge on any atom is 0.0340 e. The zero-order chi connectivity index (χ0) is 13.0. The minimum absolute atomic E-state index is 0.228. The van der Waals surface area contributed by atoms with Crippen molar-refractivity contribution in [1.29, 1.82) is 0 Å². The van der Waals surface area contributed by atoms with Crippen molar-refractivity contribution in [3.63, 3.8) is 0 Å². The van der Waals surface area contributed by atoms with Gasteiger partial charge < -0.3 is 5.73 Å². The fraction of sp³-hybridized carbons (Fsp3) is 0.412. The highest BCUT2D eigenvalue weighted by molar-refractivity contribution is 7.10. The third kappa shape index (κ3) is 1.78. The molecule has 2 heteroatoms. The Morgan fingerprint density at radius 2 is 2.16 bits per heavy atom. The second kappa shape index (κ2) is 4.19. The molecule has 4 atom stereocenters. The first-order chi connectivity index (χ1) is 9.25. The van der Waals surface area contributed by atoms with Crippen LogP contribution < -0.4 is 5.73 Å². The molecule has 0 aliphatic heterocycles. The lowest BCUT2D eigenvalue weighted by molar-refractivity contribution is 0.556. The Morgan fingerprint density at radius 1 is 1.32 bits per heavy atom. The summed E-state index contributed by atoms with van der Waals surface area (Å²) in [7, 11) is 0. The van der Waals surface area contributed by atoms with E-state index in [4.69, 9.17) is 5.73 Å².